The van der Waals surface area contributed by atoms with Crippen molar-refractivity contribution in [1.82, 2.24) is 14.5 Å². The maximum Gasteiger partial charge on any atom is 0.260 e. The monoisotopic (exact) mass is 265 g/mol. The lowest BCUT2D eigenvalue weighted by Gasteiger charge is -2.24. The molecule has 1 aromatic rings. The summed E-state index contributed by atoms with van der Waals surface area (Å²) in [6, 6.07) is 1.35. The van der Waals surface area contributed by atoms with Crippen LogP contribution in [0.3, 0.4) is 0 Å². The molecule has 1 aromatic heterocycles. The number of nitrogens with zero attached hydrogens (tertiary/aromatic N) is 2. The zero-order chi connectivity index (χ0) is 12.2. The summed E-state index contributed by atoms with van der Waals surface area (Å²) in [6.07, 6.45) is 2.06. The van der Waals surface area contributed by atoms with E-state index < -0.39 is 10.0 Å². The molecule has 0 aliphatic rings. The van der Waals surface area contributed by atoms with E-state index in [2.05, 4.69) is 10.2 Å². The van der Waals surface area contributed by atoms with Gasteiger partial charge in [-0.05, 0) is 26.3 Å². The molecule has 0 fully saturated rings. The number of H-pyrrole nitrogens is 1. The van der Waals surface area contributed by atoms with E-state index in [1.807, 2.05) is 13.8 Å². The minimum Gasteiger partial charge on any atom is -0.266 e. The van der Waals surface area contributed by atoms with Crippen molar-refractivity contribution in [1.29, 1.82) is 0 Å². The predicted octanol–water partition coefficient (Wildman–Crippen LogP) is 1.44. The van der Waals surface area contributed by atoms with Crippen LogP contribution in [0.5, 0.6) is 0 Å². The van der Waals surface area contributed by atoms with Crippen molar-refractivity contribution in [2.45, 2.75) is 31.3 Å². The zero-order valence-electron chi connectivity index (χ0n) is 9.35. The topological polar surface area (TPSA) is 66.1 Å². The first kappa shape index (κ1) is 13.5. The summed E-state index contributed by atoms with van der Waals surface area (Å²) >= 11 is 5.58. The van der Waals surface area contributed by atoms with Gasteiger partial charge in [-0.2, -0.15) is 9.40 Å². The molecule has 0 saturated heterocycles. The molecule has 0 unspecified atom stereocenters. The van der Waals surface area contributed by atoms with Gasteiger partial charge in [-0.1, -0.05) is 0 Å². The minimum absolute atomic E-state index is 0.100. The summed E-state index contributed by atoms with van der Waals surface area (Å²) in [7, 11) is -3.47. The molecule has 0 atom stereocenters. The lowest BCUT2D eigenvalue weighted by molar-refractivity contribution is 0.353. The van der Waals surface area contributed by atoms with Crippen molar-refractivity contribution in [3.8, 4) is 0 Å². The first-order valence-electron chi connectivity index (χ1n) is 5.07. The van der Waals surface area contributed by atoms with Gasteiger partial charge in [0.25, 0.3) is 10.0 Å². The quantitative estimate of drug-likeness (QED) is 0.792. The van der Waals surface area contributed by atoms with Crippen molar-refractivity contribution in [2.75, 3.05) is 12.4 Å². The Morgan fingerprint density at radius 3 is 2.69 bits per heavy atom. The molecule has 0 bridgehead atoms. The number of sulfonamides is 1. The predicted molar refractivity (Wildman–Crippen MR) is 63.0 cm³/mol. The lowest BCUT2D eigenvalue weighted by atomic mass is 10.4. The number of hydrogen-bond donors (Lipinski definition) is 1. The van der Waals surface area contributed by atoms with E-state index in [4.69, 9.17) is 11.6 Å². The maximum atomic E-state index is 12.2. The van der Waals surface area contributed by atoms with Gasteiger partial charge >= 0.3 is 0 Å². The van der Waals surface area contributed by atoms with Crippen LogP contribution in [-0.4, -0.2) is 41.4 Å². The maximum absolute atomic E-state index is 12.2. The van der Waals surface area contributed by atoms with Gasteiger partial charge in [0.05, 0.1) is 6.20 Å². The molecule has 92 valence electrons. The minimum atomic E-state index is -3.47. The number of nitrogens with one attached hydrogen (secondary N) is 1. The van der Waals surface area contributed by atoms with Crippen molar-refractivity contribution in [2.24, 2.45) is 0 Å². The third-order valence-corrected chi connectivity index (χ3v) is 4.42. The van der Waals surface area contributed by atoms with Crippen LogP contribution in [-0.2, 0) is 10.0 Å². The third-order valence-electron chi connectivity index (χ3n) is 2.15. The molecule has 16 heavy (non-hydrogen) atoms. The molecule has 1 N–H and O–H groups in total. The van der Waals surface area contributed by atoms with Gasteiger partial charge in [0.15, 0.2) is 5.03 Å². The number of aromatic nitrogens is 2. The van der Waals surface area contributed by atoms with Crippen LogP contribution in [0.15, 0.2) is 17.3 Å². The van der Waals surface area contributed by atoms with Crippen molar-refractivity contribution < 1.29 is 8.42 Å². The van der Waals surface area contributed by atoms with Crippen molar-refractivity contribution >= 4 is 21.6 Å². The second kappa shape index (κ2) is 5.65. The molecule has 0 saturated carbocycles. The second-order valence-corrected chi connectivity index (χ2v) is 5.91. The summed E-state index contributed by atoms with van der Waals surface area (Å²) in [6.45, 7) is 4.09. The van der Waals surface area contributed by atoms with Crippen molar-refractivity contribution in [3.63, 3.8) is 0 Å². The molecule has 0 aliphatic carbocycles. The largest absolute Gasteiger partial charge is 0.266 e. The van der Waals surface area contributed by atoms with Crippen LogP contribution < -0.4 is 0 Å². The molecule has 7 heteroatoms. The fourth-order valence-corrected chi connectivity index (χ4v) is 3.08. The average Bonchev–Trinajstić information content (AvgIpc) is 2.70. The Hall–Kier alpha value is -0.590. The van der Waals surface area contributed by atoms with Crippen LogP contribution in [0, 0.1) is 0 Å². The van der Waals surface area contributed by atoms with Gasteiger partial charge in [0.1, 0.15) is 0 Å². The number of aromatic amines is 1. The third kappa shape index (κ3) is 2.96. The number of rotatable bonds is 6. The Morgan fingerprint density at radius 2 is 2.25 bits per heavy atom. The van der Waals surface area contributed by atoms with E-state index in [9.17, 15) is 8.42 Å². The van der Waals surface area contributed by atoms with Crippen LogP contribution in [0.1, 0.15) is 20.3 Å². The summed E-state index contributed by atoms with van der Waals surface area (Å²) < 4.78 is 25.7. The molecule has 5 nitrogen and oxygen atoms in total. The molecule has 0 amide bonds. The van der Waals surface area contributed by atoms with Crippen LogP contribution in [0.4, 0.5) is 0 Å². The summed E-state index contributed by atoms with van der Waals surface area (Å²) in [5.74, 6) is 0.446. The van der Waals surface area contributed by atoms with Crippen LogP contribution in [0.25, 0.3) is 0 Å². The van der Waals surface area contributed by atoms with Gasteiger partial charge in [0.2, 0.25) is 0 Å². The first-order chi connectivity index (χ1) is 7.50. The Kier molecular flexibility index (Phi) is 4.76. The smallest absolute Gasteiger partial charge is 0.260 e. The molecular weight excluding hydrogens is 250 g/mol. The van der Waals surface area contributed by atoms with Gasteiger partial charge < -0.3 is 0 Å². The highest BCUT2D eigenvalue weighted by Crippen LogP contribution is 2.16. The van der Waals surface area contributed by atoms with Gasteiger partial charge in [-0.25, -0.2) is 8.42 Å². The fourth-order valence-electron chi connectivity index (χ4n) is 1.38. The highest BCUT2D eigenvalue weighted by atomic mass is 35.5. The molecule has 0 radical (unpaired) electrons. The average molecular weight is 266 g/mol. The van der Waals surface area contributed by atoms with E-state index in [0.29, 0.717) is 18.8 Å². The lowest BCUT2D eigenvalue weighted by Crippen LogP contribution is -2.38. The van der Waals surface area contributed by atoms with Gasteiger partial charge in [0, 0.05) is 18.5 Å². The molecule has 0 spiro atoms. The highest BCUT2D eigenvalue weighted by molar-refractivity contribution is 7.89. The van der Waals surface area contributed by atoms with E-state index in [-0.39, 0.29) is 11.1 Å². The molecular formula is C9H16ClN3O2S. The van der Waals surface area contributed by atoms with Crippen molar-refractivity contribution in [3.05, 3.63) is 12.3 Å². The molecule has 0 aromatic carbocycles. The highest BCUT2D eigenvalue weighted by Gasteiger charge is 2.27. The van der Waals surface area contributed by atoms with Crippen LogP contribution in [0.2, 0.25) is 0 Å². The zero-order valence-corrected chi connectivity index (χ0v) is 10.9. The Morgan fingerprint density at radius 1 is 1.56 bits per heavy atom. The SMILES string of the molecule is CC(C)N(CCCCl)S(=O)(=O)c1ccn[nH]1. The van der Waals surface area contributed by atoms with E-state index in [0.717, 1.165) is 0 Å². The second-order valence-electron chi connectivity index (χ2n) is 3.67. The van der Waals surface area contributed by atoms with Gasteiger partial charge in [-0.15, -0.1) is 11.6 Å². The van der Waals surface area contributed by atoms with E-state index >= 15 is 0 Å². The first-order valence-corrected chi connectivity index (χ1v) is 7.04. The number of halogens is 1. The fraction of sp³-hybridized carbons (Fsp3) is 0.667. The Labute approximate surface area is 101 Å². The summed E-state index contributed by atoms with van der Waals surface area (Å²) in [4.78, 5) is 0. The number of hydrogen-bond acceptors (Lipinski definition) is 3. The number of alkyl halides is 1. The van der Waals surface area contributed by atoms with Crippen LogP contribution >= 0.6 is 11.6 Å². The Bertz CT molecular complexity index is 402. The molecule has 0 aliphatic heterocycles. The normalized spacial score (nSPS) is 12.6. The van der Waals surface area contributed by atoms with Gasteiger partial charge in [-0.3, -0.25) is 5.10 Å². The van der Waals surface area contributed by atoms with E-state index in [1.165, 1.54) is 16.6 Å². The molecule has 1 rings (SSSR count). The summed E-state index contributed by atoms with van der Waals surface area (Å²) in [5.41, 5.74) is 0. The Balaban J connectivity index is 2.94. The summed E-state index contributed by atoms with van der Waals surface area (Å²) in [5, 5.41) is 6.25. The van der Waals surface area contributed by atoms with E-state index in [1.54, 1.807) is 0 Å². The standard InChI is InChI=1S/C9H16ClN3O2S/c1-8(2)13(7-3-5-10)16(14,15)9-4-6-11-12-9/h4,6,8H,3,5,7H2,1-2H3,(H,11,12). The molecule has 1 heterocycles.